The second-order valence-corrected chi connectivity index (χ2v) is 12.2. The summed E-state index contributed by atoms with van der Waals surface area (Å²) in [6.07, 6.45) is 14.4. The molecule has 0 fully saturated rings. The molecule has 0 aliphatic rings. The molecule has 0 unspecified atom stereocenters. The number of unbranched alkanes of at least 4 members (excludes halogenated alkanes) is 11. The topological polar surface area (TPSA) is 53.2 Å². The Kier molecular flexibility index (Phi) is 17.2. The molecule has 3 N–H and O–H groups in total. The second kappa shape index (κ2) is 18.3. The fourth-order valence-electron chi connectivity index (χ4n) is 3.41. The number of para-hydroxylation sites is 1. The third-order valence-electron chi connectivity index (χ3n) is 5.29. The van der Waals surface area contributed by atoms with E-state index >= 15 is 0 Å². The Labute approximate surface area is 233 Å². The number of anilines is 1. The number of carbonyl (C=O) groups excluding carboxylic acids is 1. The third-order valence-corrected chi connectivity index (χ3v) is 7.10. The normalized spacial score (nSPS) is 12.3. The van der Waals surface area contributed by atoms with Crippen molar-refractivity contribution in [3.63, 3.8) is 0 Å². The smallest absolute Gasteiger partial charge is 0.228 e. The number of halogens is 4. The van der Waals surface area contributed by atoms with Gasteiger partial charge in [0.05, 0.1) is 5.69 Å². The van der Waals surface area contributed by atoms with Gasteiger partial charge in [-0.3, -0.25) is 4.79 Å². The molecule has 1 amide bonds. The zero-order valence-corrected chi connectivity index (χ0v) is 24.6. The van der Waals surface area contributed by atoms with Gasteiger partial charge in [-0.15, -0.1) is 0 Å². The first-order valence-corrected chi connectivity index (χ1v) is 14.5. The van der Waals surface area contributed by atoms with E-state index < -0.39 is 9.96 Å². The van der Waals surface area contributed by atoms with E-state index in [1.807, 2.05) is 24.3 Å². The van der Waals surface area contributed by atoms with E-state index in [-0.39, 0.29) is 11.0 Å². The van der Waals surface area contributed by atoms with Crippen LogP contribution in [0.25, 0.3) is 0 Å². The van der Waals surface area contributed by atoms with Gasteiger partial charge in [0.15, 0.2) is 5.11 Å². The molecule has 0 heterocycles. The van der Waals surface area contributed by atoms with Gasteiger partial charge in [0.25, 0.3) is 0 Å². The van der Waals surface area contributed by atoms with E-state index in [4.69, 9.17) is 47.0 Å². The quantitative estimate of drug-likeness (QED) is 0.0554. The number of benzene rings is 1. The summed E-state index contributed by atoms with van der Waals surface area (Å²) in [5, 5.41) is 8.98. The van der Waals surface area contributed by atoms with Gasteiger partial charge in [-0.2, -0.15) is 0 Å². The predicted octanol–water partition coefficient (Wildman–Crippen LogP) is 8.48. The summed E-state index contributed by atoms with van der Waals surface area (Å²) in [6.45, 7) is 2.25. The molecule has 33 heavy (non-hydrogen) atoms. The van der Waals surface area contributed by atoms with Gasteiger partial charge in [0.1, 0.15) is 6.17 Å². The summed E-state index contributed by atoms with van der Waals surface area (Å²) in [5.41, 5.74) is 0.835. The van der Waals surface area contributed by atoms with Gasteiger partial charge in [-0.05, 0) is 53.4 Å². The number of amides is 1. The molecule has 1 aromatic rings. The highest BCUT2D eigenvalue weighted by atomic mass is 127. The highest BCUT2D eigenvalue weighted by molar-refractivity contribution is 14.1. The maximum atomic E-state index is 12.4. The first-order valence-electron chi connectivity index (χ1n) is 11.9. The highest BCUT2D eigenvalue weighted by Crippen LogP contribution is 2.29. The standard InChI is InChI=1S/C24H37Cl3IN3OS/c1-2-3-4-5-6-7-8-9-10-11-12-13-18-21(32)30-22(24(25,26)27)31-23(33)29-20-17-15-14-16-19(20)28/h14-17,22H,2-13,18H2,1H3,(H,30,32)(H2,29,31,33)/t22-/m1/s1. The van der Waals surface area contributed by atoms with Crippen molar-refractivity contribution >= 4 is 86.3 Å². The number of hydrogen-bond donors (Lipinski definition) is 3. The molecule has 1 aromatic carbocycles. The second-order valence-electron chi connectivity index (χ2n) is 8.26. The Balaban J connectivity index is 2.23. The molecule has 0 aliphatic carbocycles. The van der Waals surface area contributed by atoms with E-state index in [0.717, 1.165) is 28.5 Å². The van der Waals surface area contributed by atoms with Crippen molar-refractivity contribution in [2.75, 3.05) is 5.32 Å². The SMILES string of the molecule is CCCCCCCCCCCCCCC(=O)N[C@H](NC(=S)Nc1ccccc1I)C(Cl)(Cl)Cl. The summed E-state index contributed by atoms with van der Waals surface area (Å²) < 4.78 is -0.748. The van der Waals surface area contributed by atoms with Gasteiger partial charge in [0.2, 0.25) is 9.70 Å². The van der Waals surface area contributed by atoms with E-state index in [2.05, 4.69) is 45.5 Å². The molecule has 1 atom stereocenters. The van der Waals surface area contributed by atoms with Crippen LogP contribution in [-0.2, 0) is 4.79 Å². The number of hydrogen-bond acceptors (Lipinski definition) is 2. The number of nitrogens with one attached hydrogen (secondary N) is 3. The van der Waals surface area contributed by atoms with Gasteiger partial charge in [0, 0.05) is 9.99 Å². The lowest BCUT2D eigenvalue weighted by atomic mass is 10.0. The van der Waals surface area contributed by atoms with Crippen LogP contribution in [0.1, 0.15) is 90.4 Å². The van der Waals surface area contributed by atoms with Crippen LogP contribution in [0.5, 0.6) is 0 Å². The number of rotatable bonds is 16. The minimum Gasteiger partial charge on any atom is -0.339 e. The third kappa shape index (κ3) is 15.6. The number of thiocarbonyl (C=S) groups is 1. The van der Waals surface area contributed by atoms with Crippen molar-refractivity contribution in [3.8, 4) is 0 Å². The number of carbonyl (C=O) groups is 1. The summed E-state index contributed by atoms with van der Waals surface area (Å²) in [4.78, 5) is 12.4. The summed E-state index contributed by atoms with van der Waals surface area (Å²) in [5.74, 6) is -0.164. The zero-order valence-electron chi connectivity index (χ0n) is 19.4. The molecule has 0 saturated heterocycles. The van der Waals surface area contributed by atoms with E-state index in [1.54, 1.807) is 0 Å². The monoisotopic (exact) mass is 647 g/mol. The van der Waals surface area contributed by atoms with Gasteiger partial charge in [-0.25, -0.2) is 0 Å². The molecule has 9 heteroatoms. The molecule has 0 radical (unpaired) electrons. The van der Waals surface area contributed by atoms with Crippen molar-refractivity contribution in [2.45, 2.75) is 100 Å². The van der Waals surface area contributed by atoms with Crippen LogP contribution >= 0.6 is 69.6 Å². The maximum Gasteiger partial charge on any atom is 0.228 e. The summed E-state index contributed by atoms with van der Waals surface area (Å²) >= 11 is 25.7. The van der Waals surface area contributed by atoms with E-state index in [1.165, 1.54) is 57.8 Å². The van der Waals surface area contributed by atoms with Crippen molar-refractivity contribution in [1.29, 1.82) is 0 Å². The van der Waals surface area contributed by atoms with Gasteiger partial charge < -0.3 is 16.0 Å². The molecule has 4 nitrogen and oxygen atoms in total. The van der Waals surface area contributed by atoms with Crippen LogP contribution in [0, 0.1) is 3.57 Å². The maximum absolute atomic E-state index is 12.4. The fraction of sp³-hybridized carbons (Fsp3) is 0.667. The largest absolute Gasteiger partial charge is 0.339 e. The highest BCUT2D eigenvalue weighted by Gasteiger charge is 2.34. The predicted molar refractivity (Wildman–Crippen MR) is 156 cm³/mol. The lowest BCUT2D eigenvalue weighted by molar-refractivity contribution is -0.122. The first-order chi connectivity index (χ1) is 15.7. The molecule has 188 valence electrons. The molecule has 1 rings (SSSR count). The van der Waals surface area contributed by atoms with Crippen LogP contribution in [0.2, 0.25) is 0 Å². The minimum absolute atomic E-state index is 0.164. The molecule has 0 spiro atoms. The van der Waals surface area contributed by atoms with Crippen molar-refractivity contribution in [2.24, 2.45) is 0 Å². The fourth-order valence-corrected chi connectivity index (χ4v) is 4.49. The van der Waals surface area contributed by atoms with E-state index in [0.29, 0.717) is 6.42 Å². The van der Waals surface area contributed by atoms with Crippen LogP contribution < -0.4 is 16.0 Å². The Morgan fingerprint density at radius 3 is 1.94 bits per heavy atom. The van der Waals surface area contributed by atoms with Crippen molar-refractivity contribution in [3.05, 3.63) is 27.8 Å². The minimum atomic E-state index is -1.75. The van der Waals surface area contributed by atoms with Gasteiger partial charge in [-0.1, -0.05) is 124 Å². The average Bonchev–Trinajstić information content (AvgIpc) is 2.75. The lowest BCUT2D eigenvalue weighted by Gasteiger charge is -2.28. The summed E-state index contributed by atoms with van der Waals surface area (Å²) in [7, 11) is 0. The molecular formula is C24H37Cl3IN3OS. The molecule has 0 aliphatic heterocycles. The average molecular weight is 649 g/mol. The summed E-state index contributed by atoms with van der Waals surface area (Å²) in [6, 6.07) is 7.68. The van der Waals surface area contributed by atoms with Crippen LogP contribution in [0.3, 0.4) is 0 Å². The molecule has 0 aromatic heterocycles. The van der Waals surface area contributed by atoms with Crippen molar-refractivity contribution < 1.29 is 4.79 Å². The van der Waals surface area contributed by atoms with Crippen LogP contribution in [-0.4, -0.2) is 21.0 Å². The zero-order chi connectivity index (χ0) is 24.5. The Bertz CT molecular complexity index is 704. The van der Waals surface area contributed by atoms with Crippen molar-refractivity contribution in [1.82, 2.24) is 10.6 Å². The molecular weight excluding hydrogens is 612 g/mol. The van der Waals surface area contributed by atoms with Crippen LogP contribution in [0.4, 0.5) is 5.69 Å². The molecule has 0 bridgehead atoms. The lowest BCUT2D eigenvalue weighted by Crippen LogP contribution is -2.56. The van der Waals surface area contributed by atoms with E-state index in [9.17, 15) is 4.79 Å². The van der Waals surface area contributed by atoms with Crippen LogP contribution in [0.15, 0.2) is 24.3 Å². The Morgan fingerprint density at radius 1 is 0.909 bits per heavy atom. The Hall–Kier alpha value is -0.0200. The molecule has 0 saturated carbocycles. The Morgan fingerprint density at radius 2 is 1.42 bits per heavy atom. The first kappa shape index (κ1) is 31.0. The number of alkyl halides is 3. The van der Waals surface area contributed by atoms with Gasteiger partial charge >= 0.3 is 0 Å².